The molecule has 1 N–H and O–H groups in total. The van der Waals surface area contributed by atoms with E-state index in [2.05, 4.69) is 17.2 Å². The van der Waals surface area contributed by atoms with Gasteiger partial charge < -0.3 is 9.88 Å². The van der Waals surface area contributed by atoms with E-state index in [1.165, 1.54) is 0 Å². The van der Waals surface area contributed by atoms with Gasteiger partial charge in [-0.05, 0) is 31.6 Å². The molecule has 5 heteroatoms. The number of aromatic nitrogens is 2. The number of nitrogens with zero attached hydrogens (tertiary/aromatic N) is 2. The molecule has 1 atom stereocenters. The molecule has 0 aromatic carbocycles. The van der Waals surface area contributed by atoms with Crippen LogP contribution in [0.5, 0.6) is 0 Å². The van der Waals surface area contributed by atoms with Gasteiger partial charge in [0, 0.05) is 30.9 Å². The fraction of sp³-hybridized carbons (Fsp3) is 0.714. The third-order valence-corrected chi connectivity index (χ3v) is 3.80. The van der Waals surface area contributed by atoms with Crippen molar-refractivity contribution in [3.63, 3.8) is 0 Å². The van der Waals surface area contributed by atoms with Crippen molar-refractivity contribution in [2.24, 2.45) is 5.92 Å². The summed E-state index contributed by atoms with van der Waals surface area (Å²) in [7, 11) is 0. The van der Waals surface area contributed by atoms with Crippen molar-refractivity contribution in [2.45, 2.75) is 45.1 Å². The highest BCUT2D eigenvalue weighted by Crippen LogP contribution is 2.33. The van der Waals surface area contributed by atoms with E-state index in [0.717, 1.165) is 38.6 Å². The lowest BCUT2D eigenvalue weighted by molar-refractivity contribution is 0.489. The van der Waals surface area contributed by atoms with Crippen LogP contribution < -0.4 is 10.9 Å². The lowest BCUT2D eigenvalue weighted by Gasteiger charge is -2.16. The molecule has 1 aromatic rings. The first-order chi connectivity index (χ1) is 9.26. The van der Waals surface area contributed by atoms with Gasteiger partial charge in [0.2, 0.25) is 0 Å². The molecule has 0 spiro atoms. The normalized spacial score (nSPS) is 16.3. The monoisotopic (exact) mass is 283 g/mol. The van der Waals surface area contributed by atoms with Crippen LogP contribution in [0.15, 0.2) is 17.2 Å². The first-order valence-electron chi connectivity index (χ1n) is 7.13. The number of hydrogen-bond donors (Lipinski definition) is 1. The minimum atomic E-state index is 0.00567. The number of nitrogens with one attached hydrogen (secondary N) is 1. The van der Waals surface area contributed by atoms with E-state index >= 15 is 0 Å². The van der Waals surface area contributed by atoms with Gasteiger partial charge in [-0.25, -0.2) is 4.98 Å². The Morgan fingerprint density at radius 3 is 2.95 bits per heavy atom. The Balaban J connectivity index is 1.98. The zero-order valence-electron chi connectivity index (χ0n) is 11.4. The average molecular weight is 284 g/mol. The number of alkyl halides is 1. The van der Waals surface area contributed by atoms with Gasteiger partial charge in [-0.2, -0.15) is 0 Å². The van der Waals surface area contributed by atoms with Crippen LogP contribution in [0.4, 0.5) is 5.82 Å². The number of anilines is 1. The molecule has 0 radical (unpaired) electrons. The number of halogens is 1. The van der Waals surface area contributed by atoms with Crippen LogP contribution in [0.1, 0.15) is 45.1 Å². The van der Waals surface area contributed by atoms with Crippen LogP contribution in [0.25, 0.3) is 0 Å². The van der Waals surface area contributed by atoms with E-state index in [1.807, 2.05) is 0 Å². The molecule has 1 unspecified atom stereocenters. The molecule has 1 aromatic heterocycles. The highest BCUT2D eigenvalue weighted by Gasteiger charge is 2.25. The molecule has 1 aliphatic carbocycles. The van der Waals surface area contributed by atoms with Crippen LogP contribution in [0, 0.1) is 5.92 Å². The predicted octanol–water partition coefficient (Wildman–Crippen LogP) is 3.04. The zero-order valence-corrected chi connectivity index (χ0v) is 12.2. The second-order valence-corrected chi connectivity index (χ2v) is 5.61. The van der Waals surface area contributed by atoms with Crippen LogP contribution >= 0.6 is 11.6 Å². The van der Waals surface area contributed by atoms with Gasteiger partial charge in [0.15, 0.2) is 5.82 Å². The van der Waals surface area contributed by atoms with Gasteiger partial charge in [0.1, 0.15) is 0 Å². The van der Waals surface area contributed by atoms with Crippen molar-refractivity contribution in [3.8, 4) is 0 Å². The van der Waals surface area contributed by atoms with Gasteiger partial charge in [-0.3, -0.25) is 4.79 Å². The Morgan fingerprint density at radius 1 is 1.53 bits per heavy atom. The molecule has 0 saturated heterocycles. The van der Waals surface area contributed by atoms with E-state index in [9.17, 15) is 4.79 Å². The van der Waals surface area contributed by atoms with Crippen molar-refractivity contribution in [3.05, 3.63) is 22.7 Å². The van der Waals surface area contributed by atoms with Crippen molar-refractivity contribution < 1.29 is 0 Å². The summed E-state index contributed by atoms with van der Waals surface area (Å²) in [5.74, 6) is 1.66. The Bertz CT molecular complexity index is 450. The van der Waals surface area contributed by atoms with Crippen LogP contribution in [0.3, 0.4) is 0 Å². The summed E-state index contributed by atoms with van der Waals surface area (Å²) in [6.07, 6.45) is 8.95. The first-order valence-corrected chi connectivity index (χ1v) is 7.66. The fourth-order valence-corrected chi connectivity index (χ4v) is 2.65. The Labute approximate surface area is 119 Å². The SMILES string of the molecule is CCCC(CCCl)CNc1nccn(C2CC2)c1=O. The molecule has 1 heterocycles. The average Bonchev–Trinajstić information content (AvgIpc) is 3.22. The van der Waals surface area contributed by atoms with Crippen LogP contribution in [-0.4, -0.2) is 22.0 Å². The molecule has 1 aliphatic rings. The van der Waals surface area contributed by atoms with Gasteiger partial charge >= 0.3 is 0 Å². The summed E-state index contributed by atoms with van der Waals surface area (Å²) in [5.41, 5.74) is 0.00567. The summed E-state index contributed by atoms with van der Waals surface area (Å²) < 4.78 is 1.80. The summed E-state index contributed by atoms with van der Waals surface area (Å²) in [5, 5.41) is 3.20. The topological polar surface area (TPSA) is 46.9 Å². The summed E-state index contributed by atoms with van der Waals surface area (Å²) in [6, 6.07) is 0.394. The predicted molar refractivity (Wildman–Crippen MR) is 79.0 cm³/mol. The number of hydrogen-bond acceptors (Lipinski definition) is 3. The minimum absolute atomic E-state index is 0.00567. The van der Waals surface area contributed by atoms with E-state index in [0.29, 0.717) is 23.7 Å². The van der Waals surface area contributed by atoms with Gasteiger partial charge in [-0.15, -0.1) is 11.6 Å². The summed E-state index contributed by atoms with van der Waals surface area (Å²) in [6.45, 7) is 2.94. The Hall–Kier alpha value is -1.03. The van der Waals surface area contributed by atoms with E-state index in [4.69, 9.17) is 11.6 Å². The van der Waals surface area contributed by atoms with Gasteiger partial charge in [0.05, 0.1) is 0 Å². The van der Waals surface area contributed by atoms with Crippen molar-refractivity contribution in [2.75, 3.05) is 17.7 Å². The molecule has 106 valence electrons. The molecule has 4 nitrogen and oxygen atoms in total. The minimum Gasteiger partial charge on any atom is -0.365 e. The lowest BCUT2D eigenvalue weighted by atomic mass is 10.0. The lowest BCUT2D eigenvalue weighted by Crippen LogP contribution is -2.26. The third-order valence-electron chi connectivity index (χ3n) is 3.58. The first kappa shape index (κ1) is 14.4. The summed E-state index contributed by atoms with van der Waals surface area (Å²) >= 11 is 5.81. The molecule has 0 bridgehead atoms. The van der Waals surface area contributed by atoms with E-state index < -0.39 is 0 Å². The van der Waals surface area contributed by atoms with Gasteiger partial charge in [0.25, 0.3) is 5.56 Å². The van der Waals surface area contributed by atoms with Crippen LogP contribution in [0.2, 0.25) is 0 Å². The van der Waals surface area contributed by atoms with E-state index in [1.54, 1.807) is 17.0 Å². The molecule has 1 saturated carbocycles. The molecular weight excluding hydrogens is 262 g/mol. The molecular formula is C14H22ClN3O. The third kappa shape index (κ3) is 3.96. The maximum atomic E-state index is 12.2. The van der Waals surface area contributed by atoms with Crippen molar-refractivity contribution in [1.82, 2.24) is 9.55 Å². The second-order valence-electron chi connectivity index (χ2n) is 5.23. The maximum absolute atomic E-state index is 12.2. The fourth-order valence-electron chi connectivity index (χ4n) is 2.34. The molecule has 2 rings (SSSR count). The Morgan fingerprint density at radius 2 is 2.32 bits per heavy atom. The number of rotatable bonds is 8. The van der Waals surface area contributed by atoms with Crippen molar-refractivity contribution >= 4 is 17.4 Å². The van der Waals surface area contributed by atoms with Crippen molar-refractivity contribution in [1.29, 1.82) is 0 Å². The zero-order chi connectivity index (χ0) is 13.7. The summed E-state index contributed by atoms with van der Waals surface area (Å²) in [4.78, 5) is 16.4. The molecule has 19 heavy (non-hydrogen) atoms. The highest BCUT2D eigenvalue weighted by atomic mass is 35.5. The largest absolute Gasteiger partial charge is 0.365 e. The van der Waals surface area contributed by atoms with Crippen LogP contribution in [-0.2, 0) is 0 Å². The quantitative estimate of drug-likeness (QED) is 0.746. The standard InChI is InChI=1S/C14H22ClN3O/c1-2-3-11(6-7-15)10-17-13-14(19)18(9-8-16-13)12-4-5-12/h8-9,11-12H,2-7,10H2,1H3,(H,16,17). The van der Waals surface area contributed by atoms with Gasteiger partial charge in [-0.1, -0.05) is 13.3 Å². The molecule has 1 fully saturated rings. The van der Waals surface area contributed by atoms with E-state index in [-0.39, 0.29) is 5.56 Å². The smallest absolute Gasteiger partial charge is 0.293 e. The highest BCUT2D eigenvalue weighted by molar-refractivity contribution is 6.17. The second kappa shape index (κ2) is 6.94. The molecule has 0 aliphatic heterocycles. The molecule has 0 amide bonds. The maximum Gasteiger partial charge on any atom is 0.293 e. The Kier molecular flexibility index (Phi) is 5.25.